The lowest BCUT2D eigenvalue weighted by molar-refractivity contribution is 0.190. The van der Waals surface area contributed by atoms with Crippen LogP contribution in [0.15, 0.2) is 0 Å². The average Bonchev–Trinajstić information content (AvgIpc) is 2.31. The van der Waals surface area contributed by atoms with Crippen LogP contribution >= 0.6 is 11.6 Å². The number of likely N-dealkylation sites (tertiary alicyclic amines) is 1. The van der Waals surface area contributed by atoms with Crippen LogP contribution < -0.4 is 5.32 Å². The maximum absolute atomic E-state index is 6.14. The Labute approximate surface area is 114 Å². The summed E-state index contributed by atoms with van der Waals surface area (Å²) in [5.41, 5.74) is 1.82. The van der Waals surface area contributed by atoms with E-state index in [4.69, 9.17) is 11.6 Å². The molecule has 0 bridgehead atoms. The van der Waals surface area contributed by atoms with E-state index in [-0.39, 0.29) is 0 Å². The van der Waals surface area contributed by atoms with Crippen molar-refractivity contribution in [3.63, 3.8) is 0 Å². The number of hydrogen-bond acceptors (Lipinski definition) is 4. The minimum atomic E-state index is 0.435. The Bertz CT molecular complexity index is 435. The first-order valence-corrected chi connectivity index (χ1v) is 6.82. The number of piperidine rings is 1. The van der Waals surface area contributed by atoms with Crippen molar-refractivity contribution in [2.75, 3.05) is 18.9 Å². The van der Waals surface area contributed by atoms with Gasteiger partial charge in [0.05, 0.1) is 11.4 Å². The molecule has 0 aliphatic carbocycles. The normalized spacial score (nSPS) is 25.2. The number of halogens is 1. The lowest BCUT2D eigenvalue weighted by atomic mass is 9.99. The summed E-state index contributed by atoms with van der Waals surface area (Å²) >= 11 is 6.14. The monoisotopic (exact) mass is 268 g/mol. The molecule has 1 fully saturated rings. The van der Waals surface area contributed by atoms with E-state index in [2.05, 4.69) is 34.2 Å². The molecule has 18 heavy (non-hydrogen) atoms. The number of aryl methyl sites for hydroxylation is 2. The average molecular weight is 269 g/mol. The lowest BCUT2D eigenvalue weighted by Gasteiger charge is -2.35. The van der Waals surface area contributed by atoms with Crippen LogP contribution in [0.1, 0.15) is 31.2 Å². The van der Waals surface area contributed by atoms with Gasteiger partial charge in [-0.05, 0) is 40.7 Å². The second-order valence-electron chi connectivity index (χ2n) is 5.23. The van der Waals surface area contributed by atoms with Crippen LogP contribution in [0, 0.1) is 13.8 Å². The molecule has 2 atom stereocenters. The second-order valence-corrected chi connectivity index (χ2v) is 5.59. The standard InChI is InChI=1S/C13H21ClN4/c1-8-7-11(5-6-18(8)4)17-13-12(14)15-9(2)10(3)16-13/h8,11H,5-7H2,1-4H3,(H,16,17). The Hall–Kier alpha value is -0.870. The second kappa shape index (κ2) is 5.41. The number of aromatic nitrogens is 2. The predicted molar refractivity (Wildman–Crippen MR) is 75.3 cm³/mol. The molecular weight excluding hydrogens is 248 g/mol. The van der Waals surface area contributed by atoms with Crippen molar-refractivity contribution in [2.45, 2.75) is 45.7 Å². The Morgan fingerprint density at radius 2 is 1.94 bits per heavy atom. The van der Waals surface area contributed by atoms with E-state index in [0.29, 0.717) is 17.2 Å². The molecule has 0 aromatic carbocycles. The molecule has 1 aliphatic rings. The predicted octanol–water partition coefficient (Wildman–Crippen LogP) is 2.64. The van der Waals surface area contributed by atoms with Gasteiger partial charge in [0.15, 0.2) is 11.0 Å². The highest BCUT2D eigenvalue weighted by Gasteiger charge is 2.23. The molecule has 4 nitrogen and oxygen atoms in total. The van der Waals surface area contributed by atoms with E-state index in [0.717, 1.165) is 36.6 Å². The zero-order chi connectivity index (χ0) is 13.3. The molecule has 0 spiro atoms. The minimum absolute atomic E-state index is 0.435. The van der Waals surface area contributed by atoms with E-state index in [1.54, 1.807) is 0 Å². The van der Waals surface area contributed by atoms with Gasteiger partial charge in [-0.1, -0.05) is 11.6 Å². The fourth-order valence-corrected chi connectivity index (χ4v) is 2.51. The summed E-state index contributed by atoms with van der Waals surface area (Å²) in [7, 11) is 2.17. The van der Waals surface area contributed by atoms with E-state index in [9.17, 15) is 0 Å². The third kappa shape index (κ3) is 2.93. The van der Waals surface area contributed by atoms with E-state index in [1.165, 1.54) is 0 Å². The van der Waals surface area contributed by atoms with Gasteiger partial charge in [0.1, 0.15) is 0 Å². The van der Waals surface area contributed by atoms with Crippen molar-refractivity contribution in [1.29, 1.82) is 0 Å². The molecule has 100 valence electrons. The van der Waals surface area contributed by atoms with Crippen LogP contribution in [0.4, 0.5) is 5.82 Å². The van der Waals surface area contributed by atoms with Crippen LogP contribution in [-0.2, 0) is 0 Å². The molecule has 0 amide bonds. The molecule has 1 saturated heterocycles. The highest BCUT2D eigenvalue weighted by molar-refractivity contribution is 6.31. The molecule has 0 radical (unpaired) electrons. The Morgan fingerprint density at radius 3 is 2.61 bits per heavy atom. The summed E-state index contributed by atoms with van der Waals surface area (Å²) in [6.07, 6.45) is 2.23. The number of nitrogens with zero attached hydrogens (tertiary/aromatic N) is 3. The summed E-state index contributed by atoms with van der Waals surface area (Å²) in [6, 6.07) is 1.03. The zero-order valence-corrected chi connectivity index (χ0v) is 12.3. The van der Waals surface area contributed by atoms with Crippen LogP contribution in [0.3, 0.4) is 0 Å². The van der Waals surface area contributed by atoms with Crippen molar-refractivity contribution >= 4 is 17.4 Å². The maximum atomic E-state index is 6.14. The molecule has 1 N–H and O–H groups in total. The molecule has 1 aromatic heterocycles. The third-order valence-corrected chi connectivity index (χ3v) is 4.08. The van der Waals surface area contributed by atoms with E-state index < -0.39 is 0 Å². The number of anilines is 1. The molecule has 2 heterocycles. The van der Waals surface area contributed by atoms with Crippen LogP contribution in [0.25, 0.3) is 0 Å². The highest BCUT2D eigenvalue weighted by atomic mass is 35.5. The van der Waals surface area contributed by atoms with Gasteiger partial charge in [-0.25, -0.2) is 9.97 Å². The van der Waals surface area contributed by atoms with Crippen LogP contribution in [-0.4, -0.2) is 40.5 Å². The van der Waals surface area contributed by atoms with Gasteiger partial charge in [-0.15, -0.1) is 0 Å². The SMILES string of the molecule is Cc1nc(Cl)c(NC2CCN(C)C(C)C2)nc1C. The van der Waals surface area contributed by atoms with Crippen molar-refractivity contribution < 1.29 is 0 Å². The highest BCUT2D eigenvalue weighted by Crippen LogP contribution is 2.23. The van der Waals surface area contributed by atoms with Crippen LogP contribution in [0.5, 0.6) is 0 Å². The molecule has 5 heteroatoms. The summed E-state index contributed by atoms with van der Waals surface area (Å²) in [6.45, 7) is 7.24. The molecule has 2 rings (SSSR count). The number of rotatable bonds is 2. The fourth-order valence-electron chi connectivity index (χ4n) is 2.28. The zero-order valence-electron chi connectivity index (χ0n) is 11.5. The number of nitrogens with one attached hydrogen (secondary N) is 1. The molecule has 0 saturated carbocycles. The van der Waals surface area contributed by atoms with Crippen molar-refractivity contribution in [2.24, 2.45) is 0 Å². The van der Waals surface area contributed by atoms with Gasteiger partial charge >= 0.3 is 0 Å². The molecule has 2 unspecified atom stereocenters. The first-order chi connectivity index (χ1) is 8.47. The largest absolute Gasteiger partial charge is 0.365 e. The fraction of sp³-hybridized carbons (Fsp3) is 0.692. The first-order valence-electron chi connectivity index (χ1n) is 6.45. The lowest BCUT2D eigenvalue weighted by Crippen LogP contribution is -2.42. The van der Waals surface area contributed by atoms with Gasteiger partial charge in [0.2, 0.25) is 0 Å². The van der Waals surface area contributed by atoms with Gasteiger partial charge < -0.3 is 10.2 Å². The first kappa shape index (κ1) is 13.6. The smallest absolute Gasteiger partial charge is 0.171 e. The Kier molecular flexibility index (Phi) is 4.07. The third-order valence-electron chi connectivity index (χ3n) is 3.81. The van der Waals surface area contributed by atoms with Crippen LogP contribution in [0.2, 0.25) is 5.15 Å². The molecule has 1 aliphatic heterocycles. The quantitative estimate of drug-likeness (QED) is 0.895. The topological polar surface area (TPSA) is 41.1 Å². The van der Waals surface area contributed by atoms with Crippen molar-refractivity contribution in [3.8, 4) is 0 Å². The van der Waals surface area contributed by atoms with Gasteiger partial charge in [0, 0.05) is 18.6 Å². The molecular formula is C13H21ClN4. The van der Waals surface area contributed by atoms with Gasteiger partial charge in [0.25, 0.3) is 0 Å². The summed E-state index contributed by atoms with van der Waals surface area (Å²) in [5.74, 6) is 0.724. The summed E-state index contributed by atoms with van der Waals surface area (Å²) < 4.78 is 0. The van der Waals surface area contributed by atoms with Gasteiger partial charge in [-0.2, -0.15) is 0 Å². The Balaban J connectivity index is 2.08. The Morgan fingerprint density at radius 1 is 1.28 bits per heavy atom. The number of hydrogen-bond donors (Lipinski definition) is 1. The minimum Gasteiger partial charge on any atom is -0.365 e. The van der Waals surface area contributed by atoms with Crippen molar-refractivity contribution in [3.05, 3.63) is 16.5 Å². The maximum Gasteiger partial charge on any atom is 0.171 e. The van der Waals surface area contributed by atoms with Gasteiger partial charge in [-0.3, -0.25) is 0 Å². The van der Waals surface area contributed by atoms with E-state index >= 15 is 0 Å². The van der Waals surface area contributed by atoms with E-state index in [1.807, 2.05) is 13.8 Å². The summed E-state index contributed by atoms with van der Waals surface area (Å²) in [4.78, 5) is 11.2. The van der Waals surface area contributed by atoms with Crippen molar-refractivity contribution in [1.82, 2.24) is 14.9 Å². The molecule has 1 aromatic rings. The summed E-state index contributed by atoms with van der Waals surface area (Å²) in [5, 5.41) is 3.91.